The summed E-state index contributed by atoms with van der Waals surface area (Å²) in [5, 5.41) is 24.5. The Morgan fingerprint density at radius 2 is 1.65 bits per heavy atom. The highest BCUT2D eigenvalue weighted by Crippen LogP contribution is 2.35. The lowest BCUT2D eigenvalue weighted by molar-refractivity contribution is -0.384. The van der Waals surface area contributed by atoms with Gasteiger partial charge < -0.3 is 15.0 Å². The summed E-state index contributed by atoms with van der Waals surface area (Å²) in [6.07, 6.45) is -3.06. The van der Waals surface area contributed by atoms with E-state index in [4.69, 9.17) is 4.74 Å². The third-order valence-corrected chi connectivity index (χ3v) is 4.98. The molecule has 34 heavy (non-hydrogen) atoms. The molecule has 2 aromatic rings. The molecule has 0 unspecified atom stereocenters. The summed E-state index contributed by atoms with van der Waals surface area (Å²) in [4.78, 5) is 46.9. The molecule has 0 atom stereocenters. The van der Waals surface area contributed by atoms with Gasteiger partial charge in [0.15, 0.2) is 6.61 Å². The molecule has 14 heteroatoms. The highest BCUT2D eigenvalue weighted by atomic mass is 19.4. The van der Waals surface area contributed by atoms with E-state index >= 15 is 0 Å². The zero-order valence-electron chi connectivity index (χ0n) is 17.3. The number of anilines is 2. The maximum absolute atomic E-state index is 12.8. The number of alkyl halides is 3. The molecule has 0 aromatic heterocycles. The van der Waals surface area contributed by atoms with Gasteiger partial charge in [-0.2, -0.15) is 13.2 Å². The van der Waals surface area contributed by atoms with Crippen LogP contribution >= 0.6 is 0 Å². The highest BCUT2D eigenvalue weighted by molar-refractivity contribution is 5.97. The van der Waals surface area contributed by atoms with Gasteiger partial charge in [-0.05, 0) is 37.1 Å². The number of nitro groups is 2. The van der Waals surface area contributed by atoms with Crippen LogP contribution < -0.4 is 10.2 Å². The summed E-state index contributed by atoms with van der Waals surface area (Å²) in [7, 11) is 0. The molecular formula is C20H17F3N4O7. The van der Waals surface area contributed by atoms with Gasteiger partial charge in [-0.3, -0.25) is 25.0 Å². The molecule has 1 aliphatic rings. The molecular weight excluding hydrogens is 465 g/mol. The lowest BCUT2D eigenvalue weighted by Crippen LogP contribution is -2.22. The average Bonchev–Trinajstić information content (AvgIpc) is 3.31. The number of halogens is 3. The fourth-order valence-corrected chi connectivity index (χ4v) is 3.39. The molecule has 0 radical (unpaired) electrons. The molecule has 3 rings (SSSR count). The predicted octanol–water partition coefficient (Wildman–Crippen LogP) is 3.92. The van der Waals surface area contributed by atoms with Gasteiger partial charge in [0.25, 0.3) is 17.3 Å². The number of carbonyl (C=O) groups is 2. The molecule has 0 spiro atoms. The zero-order valence-corrected chi connectivity index (χ0v) is 17.3. The summed E-state index contributed by atoms with van der Waals surface area (Å²) in [6.45, 7) is 0.348. The van der Waals surface area contributed by atoms with Crippen LogP contribution in [-0.2, 0) is 15.7 Å². The highest BCUT2D eigenvalue weighted by Gasteiger charge is 2.33. The molecule has 1 heterocycles. The second-order valence-corrected chi connectivity index (χ2v) is 7.27. The first-order chi connectivity index (χ1) is 16.0. The van der Waals surface area contributed by atoms with Gasteiger partial charge in [-0.1, -0.05) is 0 Å². The summed E-state index contributed by atoms with van der Waals surface area (Å²) in [5.74, 6) is -2.12. The lowest BCUT2D eigenvalue weighted by atomic mass is 10.1. The van der Waals surface area contributed by atoms with Gasteiger partial charge in [-0.15, -0.1) is 0 Å². The van der Waals surface area contributed by atoms with Crippen molar-refractivity contribution in [3.8, 4) is 0 Å². The third kappa shape index (κ3) is 5.57. The Hall–Kier alpha value is -4.23. The van der Waals surface area contributed by atoms with E-state index in [9.17, 15) is 43.0 Å². The quantitative estimate of drug-likeness (QED) is 0.355. The van der Waals surface area contributed by atoms with Crippen molar-refractivity contribution in [1.82, 2.24) is 0 Å². The minimum Gasteiger partial charge on any atom is -0.452 e. The molecule has 1 saturated heterocycles. The van der Waals surface area contributed by atoms with Crippen LogP contribution in [0.5, 0.6) is 0 Å². The molecule has 180 valence electrons. The van der Waals surface area contributed by atoms with Gasteiger partial charge in [0, 0.05) is 25.2 Å². The fourth-order valence-electron chi connectivity index (χ4n) is 3.39. The van der Waals surface area contributed by atoms with E-state index < -0.39 is 51.4 Å². The van der Waals surface area contributed by atoms with Crippen LogP contribution in [0.2, 0.25) is 0 Å². The number of benzene rings is 2. The Morgan fingerprint density at radius 1 is 1.00 bits per heavy atom. The van der Waals surface area contributed by atoms with Crippen LogP contribution in [0.4, 0.5) is 35.9 Å². The van der Waals surface area contributed by atoms with Crippen LogP contribution in [0.3, 0.4) is 0 Å². The van der Waals surface area contributed by atoms with E-state index in [-0.39, 0.29) is 17.3 Å². The summed E-state index contributed by atoms with van der Waals surface area (Å²) in [5.41, 5.74) is -2.94. The number of nitrogens with one attached hydrogen (secondary N) is 1. The predicted molar refractivity (Wildman–Crippen MR) is 112 cm³/mol. The molecule has 0 aliphatic carbocycles. The molecule has 1 fully saturated rings. The molecule has 1 amide bonds. The second-order valence-electron chi connectivity index (χ2n) is 7.27. The van der Waals surface area contributed by atoms with Gasteiger partial charge in [0.05, 0.1) is 21.0 Å². The number of nitrogens with zero attached hydrogens (tertiary/aromatic N) is 3. The topological polar surface area (TPSA) is 145 Å². The minimum atomic E-state index is -4.82. The average molecular weight is 482 g/mol. The number of hydrogen-bond donors (Lipinski definition) is 1. The Morgan fingerprint density at radius 3 is 2.24 bits per heavy atom. The van der Waals surface area contributed by atoms with Crippen molar-refractivity contribution in [1.29, 1.82) is 0 Å². The number of rotatable bonds is 7. The van der Waals surface area contributed by atoms with E-state index in [0.717, 1.165) is 18.9 Å². The largest absolute Gasteiger partial charge is 0.452 e. The first-order valence-electron chi connectivity index (χ1n) is 9.83. The van der Waals surface area contributed by atoms with Gasteiger partial charge in [-0.25, -0.2) is 4.79 Å². The van der Waals surface area contributed by atoms with E-state index in [2.05, 4.69) is 0 Å². The third-order valence-electron chi connectivity index (χ3n) is 4.98. The number of esters is 1. The van der Waals surface area contributed by atoms with Crippen LogP contribution in [0.25, 0.3) is 0 Å². The molecule has 0 saturated carbocycles. The van der Waals surface area contributed by atoms with Crippen LogP contribution in [0.15, 0.2) is 36.4 Å². The van der Waals surface area contributed by atoms with Crippen molar-refractivity contribution in [2.24, 2.45) is 0 Å². The fraction of sp³-hybridized carbons (Fsp3) is 0.300. The number of carbonyl (C=O) groups excluding carboxylic acids is 2. The van der Waals surface area contributed by atoms with Gasteiger partial charge >= 0.3 is 12.1 Å². The molecule has 1 N–H and O–H groups in total. The lowest BCUT2D eigenvalue weighted by Gasteiger charge is -2.17. The van der Waals surface area contributed by atoms with Gasteiger partial charge in [0.2, 0.25) is 0 Å². The zero-order chi connectivity index (χ0) is 25.0. The van der Waals surface area contributed by atoms with Crippen molar-refractivity contribution in [2.75, 3.05) is 29.9 Å². The van der Waals surface area contributed by atoms with Crippen LogP contribution in [-0.4, -0.2) is 41.4 Å². The molecule has 11 nitrogen and oxygen atoms in total. The monoisotopic (exact) mass is 482 g/mol. The van der Waals surface area contributed by atoms with E-state index in [1.165, 1.54) is 12.1 Å². The molecule has 2 aromatic carbocycles. The standard InChI is InChI=1S/C20H17F3N4O7/c21-20(22,23)13-4-5-14(16(10-13)26(30)31)24-18(28)11-34-19(29)12-3-6-15(17(9-12)27(32)33)25-7-1-2-8-25/h3-6,9-10H,1-2,7-8,11H2,(H,24,28). The van der Waals surface area contributed by atoms with Crippen molar-refractivity contribution in [2.45, 2.75) is 19.0 Å². The molecule has 0 bridgehead atoms. The van der Waals surface area contributed by atoms with Crippen molar-refractivity contribution in [3.05, 3.63) is 67.8 Å². The minimum absolute atomic E-state index is 0.192. The van der Waals surface area contributed by atoms with Crippen molar-refractivity contribution in [3.63, 3.8) is 0 Å². The number of ether oxygens (including phenoxy) is 1. The maximum atomic E-state index is 12.8. The van der Waals surface area contributed by atoms with Crippen LogP contribution in [0, 0.1) is 20.2 Å². The Balaban J connectivity index is 1.68. The normalized spacial score (nSPS) is 13.4. The number of amides is 1. The SMILES string of the molecule is O=C(COC(=O)c1ccc(N2CCCC2)c([N+](=O)[O-])c1)Nc1ccc(C(F)(F)F)cc1[N+](=O)[O-]. The smallest absolute Gasteiger partial charge is 0.416 e. The summed E-state index contributed by atoms with van der Waals surface area (Å²) < 4.78 is 43.1. The Bertz CT molecular complexity index is 1150. The molecule has 1 aliphatic heterocycles. The van der Waals surface area contributed by atoms with Gasteiger partial charge in [0.1, 0.15) is 11.4 Å². The van der Waals surface area contributed by atoms with Crippen molar-refractivity contribution >= 4 is 34.6 Å². The summed E-state index contributed by atoms with van der Waals surface area (Å²) in [6, 6.07) is 5.27. The first-order valence-corrected chi connectivity index (χ1v) is 9.83. The second kappa shape index (κ2) is 9.72. The summed E-state index contributed by atoms with van der Waals surface area (Å²) >= 11 is 0. The number of hydrogen-bond acceptors (Lipinski definition) is 8. The number of nitro benzene ring substituents is 2. The maximum Gasteiger partial charge on any atom is 0.416 e. The Kier molecular flexibility index (Phi) is 6.98. The van der Waals surface area contributed by atoms with E-state index in [0.29, 0.717) is 30.9 Å². The van der Waals surface area contributed by atoms with Crippen molar-refractivity contribution < 1.29 is 37.3 Å². The first kappa shape index (κ1) is 24.4. The van der Waals surface area contributed by atoms with E-state index in [1.807, 2.05) is 10.2 Å². The van der Waals surface area contributed by atoms with Crippen LogP contribution in [0.1, 0.15) is 28.8 Å². The Labute approximate surface area is 189 Å². The van der Waals surface area contributed by atoms with E-state index in [1.54, 1.807) is 0 Å².